The van der Waals surface area contributed by atoms with Gasteiger partial charge in [0.15, 0.2) is 5.78 Å². The van der Waals surface area contributed by atoms with E-state index in [2.05, 4.69) is 11.8 Å². The van der Waals surface area contributed by atoms with Crippen LogP contribution in [0.5, 0.6) is 5.75 Å². The molecule has 3 heteroatoms. The average molecular weight is 393 g/mol. The third-order valence-electron chi connectivity index (χ3n) is 5.48. The maximum Gasteiger partial charge on any atom is 0.205 e. The molecule has 3 aromatic carbocycles. The highest BCUT2D eigenvalue weighted by Gasteiger charge is 2.54. The Morgan fingerprint density at radius 1 is 0.833 bits per heavy atom. The molecule has 0 saturated carbocycles. The number of hydrogen-bond acceptors (Lipinski definition) is 3. The summed E-state index contributed by atoms with van der Waals surface area (Å²) < 4.78 is 5.27. The molecule has 1 atom stereocenters. The van der Waals surface area contributed by atoms with Gasteiger partial charge in [-0.25, -0.2) is 0 Å². The van der Waals surface area contributed by atoms with E-state index >= 15 is 0 Å². The van der Waals surface area contributed by atoms with Crippen molar-refractivity contribution in [1.82, 2.24) is 0 Å². The molecule has 0 radical (unpaired) electrons. The van der Waals surface area contributed by atoms with Gasteiger partial charge in [-0.2, -0.15) is 0 Å². The number of aliphatic imine (C=N–C) groups is 1. The second-order valence-electron chi connectivity index (χ2n) is 7.84. The van der Waals surface area contributed by atoms with Gasteiger partial charge < -0.3 is 4.74 Å². The molecule has 0 bridgehead atoms. The van der Waals surface area contributed by atoms with Crippen LogP contribution in [-0.4, -0.2) is 18.6 Å². The Kier molecular flexibility index (Phi) is 5.01. The first-order valence-corrected chi connectivity index (χ1v) is 9.91. The third-order valence-corrected chi connectivity index (χ3v) is 5.48. The van der Waals surface area contributed by atoms with Gasteiger partial charge in [0.05, 0.1) is 18.2 Å². The van der Waals surface area contributed by atoms with E-state index in [0.29, 0.717) is 0 Å². The molecule has 3 nitrogen and oxygen atoms in total. The topological polar surface area (TPSA) is 38.7 Å². The van der Waals surface area contributed by atoms with Crippen LogP contribution in [0.15, 0.2) is 89.9 Å². The minimum atomic E-state index is -1.24. The van der Waals surface area contributed by atoms with E-state index in [1.165, 1.54) is 0 Å². The quantitative estimate of drug-likeness (QED) is 0.585. The Morgan fingerprint density at radius 3 is 2.03 bits per heavy atom. The first-order chi connectivity index (χ1) is 14.5. The van der Waals surface area contributed by atoms with Gasteiger partial charge in [-0.1, -0.05) is 60.4 Å². The second kappa shape index (κ2) is 7.65. The maximum absolute atomic E-state index is 13.8. The molecule has 0 fully saturated rings. The maximum atomic E-state index is 13.8. The summed E-state index contributed by atoms with van der Waals surface area (Å²) in [5, 5.41) is 0. The number of carbonyl (C=O) groups excluding carboxylic acids is 1. The molecule has 148 valence electrons. The fraction of sp³-hybridized carbons (Fsp3) is 0.185. The molecular weight excluding hydrogens is 370 g/mol. The number of methoxy groups -OCH3 is 1. The Balaban J connectivity index is 1.92. The minimum absolute atomic E-state index is 0.0181. The van der Waals surface area contributed by atoms with Crippen molar-refractivity contribution in [3.05, 3.63) is 102 Å². The lowest BCUT2D eigenvalue weighted by Gasteiger charge is -2.24. The first-order valence-electron chi connectivity index (χ1n) is 9.91. The van der Waals surface area contributed by atoms with Crippen LogP contribution in [0.25, 0.3) is 0 Å². The van der Waals surface area contributed by atoms with Crippen LogP contribution in [0.1, 0.15) is 30.5 Å². The zero-order chi connectivity index (χ0) is 21.2. The van der Waals surface area contributed by atoms with E-state index in [0.717, 1.165) is 28.2 Å². The zero-order valence-electron chi connectivity index (χ0n) is 17.3. The van der Waals surface area contributed by atoms with E-state index in [9.17, 15) is 4.79 Å². The van der Waals surface area contributed by atoms with Crippen molar-refractivity contribution in [1.29, 1.82) is 0 Å². The van der Waals surface area contributed by atoms with E-state index in [1.807, 2.05) is 98.8 Å². The van der Waals surface area contributed by atoms with Crippen molar-refractivity contribution in [2.45, 2.75) is 19.4 Å². The third kappa shape index (κ3) is 3.31. The lowest BCUT2D eigenvalue weighted by molar-refractivity contribution is -0.126. The van der Waals surface area contributed by atoms with Crippen molar-refractivity contribution < 1.29 is 9.53 Å². The molecule has 0 N–H and O–H groups in total. The van der Waals surface area contributed by atoms with Gasteiger partial charge in [-0.05, 0) is 61.4 Å². The second-order valence-corrected chi connectivity index (χ2v) is 7.84. The summed E-state index contributed by atoms with van der Waals surface area (Å²) in [6, 6.07) is 27.0. The van der Waals surface area contributed by atoms with Gasteiger partial charge in [-0.15, -0.1) is 0 Å². The fourth-order valence-electron chi connectivity index (χ4n) is 3.81. The average Bonchev–Trinajstić information content (AvgIpc) is 3.00. The fourth-order valence-corrected chi connectivity index (χ4v) is 3.81. The number of nitrogens with zero attached hydrogens (tertiary/aromatic N) is 1. The van der Waals surface area contributed by atoms with Crippen molar-refractivity contribution in [3.63, 3.8) is 0 Å². The number of Topliss-reactive ketones (excluding diaryl/α,β-unsaturated/α-hetero) is 1. The highest BCUT2D eigenvalue weighted by molar-refractivity contribution is 6.24. The number of ether oxygens (including phenoxy) is 1. The Labute approximate surface area is 177 Å². The van der Waals surface area contributed by atoms with Gasteiger partial charge in [0.2, 0.25) is 5.54 Å². The molecule has 1 aliphatic rings. The monoisotopic (exact) mass is 393 g/mol. The van der Waals surface area contributed by atoms with Gasteiger partial charge in [0.1, 0.15) is 5.75 Å². The predicted molar refractivity (Wildman–Crippen MR) is 120 cm³/mol. The lowest BCUT2D eigenvalue weighted by atomic mass is 9.74. The molecule has 1 unspecified atom stereocenters. The number of hydrogen-bond donors (Lipinski definition) is 0. The van der Waals surface area contributed by atoms with Crippen LogP contribution < -0.4 is 4.74 Å². The first kappa shape index (κ1) is 19.7. The molecule has 0 spiro atoms. The highest BCUT2D eigenvalue weighted by Crippen LogP contribution is 2.44. The zero-order valence-corrected chi connectivity index (χ0v) is 17.3. The summed E-state index contributed by atoms with van der Waals surface area (Å²) in [5.74, 6) is 7.18. The number of benzene rings is 3. The standard InChI is InChI=1S/C27H23NO2/c1-26(2)24(21-14-16-23(30-3)17-15-21)28-27(25(26)29,22-12-8-5-9-13-22)19-18-20-10-6-4-7-11-20/h4-17H,1-3H3. The van der Waals surface area contributed by atoms with Gasteiger partial charge in [0.25, 0.3) is 0 Å². The SMILES string of the molecule is COc1ccc(C2=NC(C#Cc3ccccc3)(c3ccccc3)C(=O)C2(C)C)cc1. The lowest BCUT2D eigenvalue weighted by Crippen LogP contribution is -2.38. The summed E-state index contributed by atoms with van der Waals surface area (Å²) in [6.07, 6.45) is 0. The summed E-state index contributed by atoms with van der Waals surface area (Å²) in [6.45, 7) is 3.85. The largest absolute Gasteiger partial charge is 0.497 e. The van der Waals surface area contributed by atoms with Crippen LogP contribution in [0.3, 0.4) is 0 Å². The number of ketones is 1. The molecule has 0 saturated heterocycles. The highest BCUT2D eigenvalue weighted by atomic mass is 16.5. The Hall–Kier alpha value is -3.64. The normalized spacial score (nSPS) is 19.6. The summed E-state index contributed by atoms with van der Waals surface area (Å²) in [7, 11) is 1.63. The van der Waals surface area contributed by atoms with Gasteiger partial charge in [-0.3, -0.25) is 9.79 Å². The molecule has 0 aromatic heterocycles. The van der Waals surface area contributed by atoms with Crippen molar-refractivity contribution in [2.24, 2.45) is 10.4 Å². The minimum Gasteiger partial charge on any atom is -0.497 e. The van der Waals surface area contributed by atoms with Crippen molar-refractivity contribution >= 4 is 11.5 Å². The molecule has 0 amide bonds. The summed E-state index contributed by atoms with van der Waals surface area (Å²) >= 11 is 0. The van der Waals surface area contributed by atoms with Gasteiger partial charge in [0, 0.05) is 5.56 Å². The Bertz CT molecular complexity index is 1150. The molecule has 1 aliphatic heterocycles. The van der Waals surface area contributed by atoms with Crippen LogP contribution in [0.2, 0.25) is 0 Å². The van der Waals surface area contributed by atoms with Gasteiger partial charge >= 0.3 is 0 Å². The van der Waals surface area contributed by atoms with E-state index in [1.54, 1.807) is 7.11 Å². The van der Waals surface area contributed by atoms with Crippen molar-refractivity contribution in [2.75, 3.05) is 7.11 Å². The van der Waals surface area contributed by atoms with Crippen molar-refractivity contribution in [3.8, 4) is 17.6 Å². The van der Waals surface area contributed by atoms with E-state index in [4.69, 9.17) is 9.73 Å². The van der Waals surface area contributed by atoms with Crippen LogP contribution >= 0.6 is 0 Å². The summed E-state index contributed by atoms with van der Waals surface area (Å²) in [5.41, 5.74) is 1.25. The van der Waals surface area contributed by atoms with Crippen LogP contribution in [0.4, 0.5) is 0 Å². The summed E-state index contributed by atoms with van der Waals surface area (Å²) in [4.78, 5) is 18.9. The molecule has 3 aromatic rings. The molecular formula is C27H23NO2. The van der Waals surface area contributed by atoms with E-state index in [-0.39, 0.29) is 5.78 Å². The predicted octanol–water partition coefficient (Wildman–Crippen LogP) is 5.04. The van der Waals surface area contributed by atoms with E-state index < -0.39 is 11.0 Å². The number of carbonyl (C=O) groups is 1. The smallest absolute Gasteiger partial charge is 0.205 e. The Morgan fingerprint density at radius 2 is 1.43 bits per heavy atom. The molecule has 1 heterocycles. The van der Waals surface area contributed by atoms with Crippen LogP contribution in [-0.2, 0) is 10.3 Å². The van der Waals surface area contributed by atoms with Crippen LogP contribution in [0, 0.1) is 17.3 Å². The number of rotatable bonds is 3. The molecule has 0 aliphatic carbocycles. The molecule has 30 heavy (non-hydrogen) atoms. The molecule has 4 rings (SSSR count).